The van der Waals surface area contributed by atoms with Crippen molar-refractivity contribution in [3.8, 4) is 6.07 Å². The normalized spacial score (nSPS) is 10.7. The summed E-state index contributed by atoms with van der Waals surface area (Å²) in [4.78, 5) is 28.3. The van der Waals surface area contributed by atoms with E-state index in [0.29, 0.717) is 0 Å². The van der Waals surface area contributed by atoms with Crippen LogP contribution < -0.4 is 10.0 Å². The Balaban J connectivity index is 1.76. The van der Waals surface area contributed by atoms with Crippen molar-refractivity contribution in [1.29, 1.82) is 5.26 Å². The molecule has 8 nitrogen and oxygen atoms in total. The Bertz CT molecular complexity index is 1270. The molecule has 0 aliphatic rings. The highest BCUT2D eigenvalue weighted by atomic mass is 32.2. The van der Waals surface area contributed by atoms with E-state index in [1.165, 1.54) is 42.5 Å². The van der Waals surface area contributed by atoms with Gasteiger partial charge in [0.1, 0.15) is 5.82 Å². The number of amides is 2. The summed E-state index contributed by atoms with van der Waals surface area (Å²) >= 11 is 0. The summed E-state index contributed by atoms with van der Waals surface area (Å²) in [6, 6.07) is 14.6. The lowest BCUT2D eigenvalue weighted by Gasteiger charge is -2.09. The van der Waals surface area contributed by atoms with Gasteiger partial charge in [0.2, 0.25) is 0 Å². The first-order chi connectivity index (χ1) is 14.3. The van der Waals surface area contributed by atoms with Gasteiger partial charge in [-0.2, -0.15) is 13.7 Å². The predicted molar refractivity (Wildman–Crippen MR) is 104 cm³/mol. The van der Waals surface area contributed by atoms with Gasteiger partial charge in [-0.3, -0.25) is 9.59 Å². The molecule has 0 saturated carbocycles. The molecule has 0 spiro atoms. The number of anilines is 1. The molecule has 0 bridgehead atoms. The second-order valence-electron chi connectivity index (χ2n) is 5.97. The van der Waals surface area contributed by atoms with Gasteiger partial charge in [0.25, 0.3) is 21.8 Å². The highest BCUT2D eigenvalue weighted by Crippen LogP contribution is 2.14. The topological polar surface area (TPSA) is 129 Å². The summed E-state index contributed by atoms with van der Waals surface area (Å²) in [5.74, 6) is -1.96. The van der Waals surface area contributed by atoms with Crippen molar-refractivity contribution in [2.75, 3.05) is 5.32 Å². The lowest BCUT2D eigenvalue weighted by Crippen LogP contribution is -2.31. The third kappa shape index (κ3) is 4.84. The molecule has 2 amide bonds. The van der Waals surface area contributed by atoms with Crippen molar-refractivity contribution in [2.24, 2.45) is 0 Å². The Morgan fingerprint density at radius 3 is 2.40 bits per heavy atom. The lowest BCUT2D eigenvalue weighted by molar-refractivity contribution is 0.0978. The number of hydrogen-bond donors (Lipinski definition) is 2. The summed E-state index contributed by atoms with van der Waals surface area (Å²) in [7, 11) is -4.31. The summed E-state index contributed by atoms with van der Waals surface area (Å²) in [6.07, 6.45) is 1.14. The number of nitriles is 1. The molecule has 0 aliphatic carbocycles. The molecule has 30 heavy (non-hydrogen) atoms. The van der Waals surface area contributed by atoms with Crippen LogP contribution in [0.25, 0.3) is 0 Å². The summed E-state index contributed by atoms with van der Waals surface area (Å²) in [5.41, 5.74) is 0.478. The van der Waals surface area contributed by atoms with Gasteiger partial charge in [0, 0.05) is 23.0 Å². The fourth-order valence-corrected chi connectivity index (χ4v) is 3.35. The molecular formula is C20H13FN4O4S. The average Bonchev–Trinajstić information content (AvgIpc) is 2.74. The minimum absolute atomic E-state index is 0.0353. The monoisotopic (exact) mass is 424 g/mol. The second-order valence-corrected chi connectivity index (χ2v) is 7.60. The van der Waals surface area contributed by atoms with E-state index in [-0.39, 0.29) is 22.4 Å². The summed E-state index contributed by atoms with van der Waals surface area (Å²) in [6.45, 7) is 0. The van der Waals surface area contributed by atoms with E-state index < -0.39 is 32.7 Å². The fourth-order valence-electron chi connectivity index (χ4n) is 2.40. The van der Waals surface area contributed by atoms with Gasteiger partial charge < -0.3 is 5.32 Å². The molecule has 2 aromatic carbocycles. The quantitative estimate of drug-likeness (QED) is 0.647. The van der Waals surface area contributed by atoms with Crippen LogP contribution in [0.2, 0.25) is 0 Å². The molecule has 0 aliphatic heterocycles. The minimum atomic E-state index is -4.31. The van der Waals surface area contributed by atoms with Crippen molar-refractivity contribution < 1.29 is 22.4 Å². The van der Waals surface area contributed by atoms with E-state index in [1.807, 2.05) is 4.72 Å². The Labute approximate surface area is 171 Å². The van der Waals surface area contributed by atoms with Crippen LogP contribution in [0.5, 0.6) is 0 Å². The third-order valence-corrected chi connectivity index (χ3v) is 5.08. The number of benzene rings is 2. The van der Waals surface area contributed by atoms with E-state index in [1.54, 1.807) is 6.07 Å². The standard InChI is InChI=1S/C20H13FN4O4S/c21-16-6-4-14(5-7-16)19(26)24-17-3-1-2-15(11-17)20(27)25-30(28,29)18-10-13(12-22)8-9-23-18/h1-11H,(H,24,26)(H,25,27). The van der Waals surface area contributed by atoms with Crippen LogP contribution in [0.4, 0.5) is 10.1 Å². The molecule has 10 heteroatoms. The van der Waals surface area contributed by atoms with Crippen LogP contribution in [0.15, 0.2) is 71.9 Å². The van der Waals surface area contributed by atoms with E-state index >= 15 is 0 Å². The molecular weight excluding hydrogens is 411 g/mol. The molecule has 1 heterocycles. The number of sulfonamides is 1. The molecule has 0 radical (unpaired) electrons. The van der Waals surface area contributed by atoms with Crippen LogP contribution >= 0.6 is 0 Å². The minimum Gasteiger partial charge on any atom is -0.322 e. The first-order valence-corrected chi connectivity index (χ1v) is 9.87. The maximum atomic E-state index is 13.0. The van der Waals surface area contributed by atoms with Gasteiger partial charge >= 0.3 is 0 Å². The lowest BCUT2D eigenvalue weighted by atomic mass is 10.1. The molecule has 1 aromatic heterocycles. The number of nitrogens with one attached hydrogen (secondary N) is 2. The van der Waals surface area contributed by atoms with Gasteiger partial charge in [0.15, 0.2) is 5.03 Å². The highest BCUT2D eigenvalue weighted by Gasteiger charge is 2.21. The number of rotatable bonds is 5. The summed E-state index contributed by atoms with van der Waals surface area (Å²) < 4.78 is 39.5. The van der Waals surface area contributed by atoms with Crippen LogP contribution in [0.3, 0.4) is 0 Å². The van der Waals surface area contributed by atoms with Crippen LogP contribution in [0.1, 0.15) is 26.3 Å². The van der Waals surface area contributed by atoms with Gasteiger partial charge in [-0.05, 0) is 54.6 Å². The molecule has 0 unspecified atom stereocenters. The maximum Gasteiger partial charge on any atom is 0.281 e. The van der Waals surface area contributed by atoms with Gasteiger partial charge in [-0.25, -0.2) is 14.1 Å². The van der Waals surface area contributed by atoms with E-state index in [0.717, 1.165) is 24.4 Å². The number of pyridine rings is 1. The number of carbonyl (C=O) groups is 2. The zero-order chi connectivity index (χ0) is 21.7. The second kappa shape index (κ2) is 8.50. The zero-order valence-corrected chi connectivity index (χ0v) is 16.0. The first-order valence-electron chi connectivity index (χ1n) is 8.39. The van der Waals surface area contributed by atoms with Gasteiger partial charge in [0.05, 0.1) is 11.6 Å². The van der Waals surface area contributed by atoms with Crippen molar-refractivity contribution >= 4 is 27.5 Å². The molecule has 0 saturated heterocycles. The smallest absolute Gasteiger partial charge is 0.281 e. The number of hydrogen-bond acceptors (Lipinski definition) is 6. The number of nitrogens with zero attached hydrogens (tertiary/aromatic N) is 2. The van der Waals surface area contributed by atoms with E-state index in [2.05, 4.69) is 10.3 Å². The zero-order valence-electron chi connectivity index (χ0n) is 15.2. The third-order valence-electron chi connectivity index (χ3n) is 3.86. The highest BCUT2D eigenvalue weighted by molar-refractivity contribution is 7.90. The van der Waals surface area contributed by atoms with Crippen LogP contribution in [-0.2, 0) is 10.0 Å². The molecule has 3 rings (SSSR count). The SMILES string of the molecule is N#Cc1ccnc(S(=O)(=O)NC(=O)c2cccc(NC(=O)c3ccc(F)cc3)c2)c1. The molecule has 0 fully saturated rings. The Morgan fingerprint density at radius 1 is 0.967 bits per heavy atom. The maximum absolute atomic E-state index is 13.0. The van der Waals surface area contributed by atoms with Gasteiger partial charge in [-0.1, -0.05) is 6.07 Å². The Hall–Kier alpha value is -4.10. The molecule has 150 valence electrons. The molecule has 3 aromatic rings. The predicted octanol–water partition coefficient (Wildman–Crippen LogP) is 2.46. The Kier molecular flexibility index (Phi) is 5.85. The van der Waals surface area contributed by atoms with Crippen molar-refractivity contribution in [3.63, 3.8) is 0 Å². The number of carbonyl (C=O) groups excluding carboxylic acids is 2. The van der Waals surface area contributed by atoms with Crippen LogP contribution in [0, 0.1) is 17.1 Å². The van der Waals surface area contributed by atoms with Crippen LogP contribution in [-0.4, -0.2) is 25.2 Å². The van der Waals surface area contributed by atoms with Crippen molar-refractivity contribution in [1.82, 2.24) is 9.71 Å². The van der Waals surface area contributed by atoms with E-state index in [4.69, 9.17) is 5.26 Å². The van der Waals surface area contributed by atoms with E-state index in [9.17, 15) is 22.4 Å². The molecule has 2 N–H and O–H groups in total. The largest absolute Gasteiger partial charge is 0.322 e. The van der Waals surface area contributed by atoms with Gasteiger partial charge in [-0.15, -0.1) is 0 Å². The molecule has 0 atom stereocenters. The first kappa shape index (κ1) is 20.6. The number of halogens is 1. The average molecular weight is 424 g/mol. The summed E-state index contributed by atoms with van der Waals surface area (Å²) in [5, 5.41) is 10.9. The Morgan fingerprint density at radius 2 is 1.70 bits per heavy atom. The number of aromatic nitrogens is 1. The fraction of sp³-hybridized carbons (Fsp3) is 0. The van der Waals surface area contributed by atoms with Crippen molar-refractivity contribution in [2.45, 2.75) is 5.03 Å². The van der Waals surface area contributed by atoms with Crippen molar-refractivity contribution in [3.05, 3.63) is 89.4 Å².